The van der Waals surface area contributed by atoms with Gasteiger partial charge in [-0.3, -0.25) is 4.79 Å². The summed E-state index contributed by atoms with van der Waals surface area (Å²) >= 11 is 0. The van der Waals surface area contributed by atoms with Crippen molar-refractivity contribution >= 4 is 5.91 Å². The Bertz CT molecular complexity index is 796. The van der Waals surface area contributed by atoms with Gasteiger partial charge in [-0.05, 0) is 37.5 Å². The van der Waals surface area contributed by atoms with Crippen LogP contribution in [0.15, 0.2) is 28.8 Å². The molecule has 1 atom stereocenters. The van der Waals surface area contributed by atoms with Gasteiger partial charge in [0, 0.05) is 32.2 Å². The number of amides is 1. The van der Waals surface area contributed by atoms with Gasteiger partial charge in [0.15, 0.2) is 17.2 Å². The van der Waals surface area contributed by atoms with Crippen molar-refractivity contribution in [2.45, 2.75) is 38.5 Å². The number of aromatic nitrogens is 1. The first-order valence-electron chi connectivity index (χ1n) is 8.46. The predicted octanol–water partition coefficient (Wildman–Crippen LogP) is 1.90. The first kappa shape index (κ1) is 18.5. The van der Waals surface area contributed by atoms with E-state index in [2.05, 4.69) is 10.5 Å². The van der Waals surface area contributed by atoms with E-state index < -0.39 is 23.1 Å². The number of nitrogens with zero attached hydrogens (tertiary/aromatic N) is 2. The number of halogens is 2. The molecule has 1 unspecified atom stereocenters. The second-order valence-electron chi connectivity index (χ2n) is 6.64. The summed E-state index contributed by atoms with van der Waals surface area (Å²) in [7, 11) is 0. The molecule has 1 aliphatic rings. The second kappa shape index (κ2) is 7.51. The SMILES string of the molecule is Cc1cc(CNCC2(O)CCCN(Cc3ccc(F)c(F)c3)C2=O)no1. The van der Waals surface area contributed by atoms with E-state index in [0.717, 1.165) is 12.1 Å². The average Bonchev–Trinajstić information content (AvgIpc) is 3.01. The zero-order valence-corrected chi connectivity index (χ0v) is 14.5. The van der Waals surface area contributed by atoms with Crippen molar-refractivity contribution < 1.29 is 23.2 Å². The summed E-state index contributed by atoms with van der Waals surface area (Å²) < 4.78 is 31.4. The number of hydrogen-bond donors (Lipinski definition) is 2. The van der Waals surface area contributed by atoms with Gasteiger partial charge in [-0.25, -0.2) is 8.78 Å². The van der Waals surface area contributed by atoms with Crippen LogP contribution >= 0.6 is 0 Å². The number of piperidine rings is 1. The summed E-state index contributed by atoms with van der Waals surface area (Å²) in [6.07, 6.45) is 0.960. The lowest BCUT2D eigenvalue weighted by molar-refractivity contribution is -0.157. The minimum absolute atomic E-state index is 0.0754. The number of carbonyl (C=O) groups is 1. The molecule has 1 saturated heterocycles. The molecule has 1 aliphatic heterocycles. The molecule has 1 amide bonds. The number of benzene rings is 1. The van der Waals surface area contributed by atoms with Gasteiger partial charge in [0.1, 0.15) is 5.76 Å². The third kappa shape index (κ3) is 4.08. The van der Waals surface area contributed by atoms with Crippen LogP contribution in [0.2, 0.25) is 0 Å². The number of aliphatic hydroxyl groups is 1. The standard InChI is InChI=1S/C18H21F2N3O3/c1-12-7-14(22-26-12)9-21-11-18(25)5-2-6-23(17(18)24)10-13-3-4-15(19)16(20)8-13/h3-4,7-8,21,25H,2,5-6,9-11H2,1H3. The topological polar surface area (TPSA) is 78.6 Å². The lowest BCUT2D eigenvalue weighted by Crippen LogP contribution is -2.57. The van der Waals surface area contributed by atoms with Crippen molar-refractivity contribution in [1.29, 1.82) is 0 Å². The van der Waals surface area contributed by atoms with E-state index >= 15 is 0 Å². The van der Waals surface area contributed by atoms with Gasteiger partial charge in [-0.1, -0.05) is 11.2 Å². The molecule has 2 N–H and O–H groups in total. The predicted molar refractivity (Wildman–Crippen MR) is 88.9 cm³/mol. The van der Waals surface area contributed by atoms with E-state index in [1.165, 1.54) is 11.0 Å². The number of nitrogens with one attached hydrogen (secondary N) is 1. The van der Waals surface area contributed by atoms with E-state index in [4.69, 9.17) is 4.52 Å². The zero-order valence-electron chi connectivity index (χ0n) is 14.5. The third-order valence-corrected chi connectivity index (χ3v) is 4.46. The maximum atomic E-state index is 13.4. The first-order valence-corrected chi connectivity index (χ1v) is 8.46. The van der Waals surface area contributed by atoms with Gasteiger partial charge >= 0.3 is 0 Å². The summed E-state index contributed by atoms with van der Waals surface area (Å²) in [4.78, 5) is 14.2. The van der Waals surface area contributed by atoms with Crippen molar-refractivity contribution in [1.82, 2.24) is 15.4 Å². The van der Waals surface area contributed by atoms with Crippen LogP contribution in [0.3, 0.4) is 0 Å². The van der Waals surface area contributed by atoms with Crippen molar-refractivity contribution in [3.63, 3.8) is 0 Å². The smallest absolute Gasteiger partial charge is 0.256 e. The molecular weight excluding hydrogens is 344 g/mol. The first-order chi connectivity index (χ1) is 12.4. The van der Waals surface area contributed by atoms with Crippen molar-refractivity contribution in [3.8, 4) is 0 Å². The van der Waals surface area contributed by atoms with Gasteiger partial charge in [0.2, 0.25) is 0 Å². The van der Waals surface area contributed by atoms with Crippen LogP contribution in [-0.2, 0) is 17.9 Å². The Balaban J connectivity index is 1.61. The fraction of sp³-hybridized carbons (Fsp3) is 0.444. The van der Waals surface area contributed by atoms with Gasteiger partial charge in [-0.2, -0.15) is 0 Å². The molecular formula is C18H21F2N3O3. The summed E-state index contributed by atoms with van der Waals surface area (Å²) in [5, 5.41) is 17.6. The molecule has 8 heteroatoms. The van der Waals surface area contributed by atoms with Crippen LogP contribution in [0.25, 0.3) is 0 Å². The molecule has 0 radical (unpaired) electrons. The highest BCUT2D eigenvalue weighted by atomic mass is 19.2. The van der Waals surface area contributed by atoms with E-state index in [9.17, 15) is 18.7 Å². The third-order valence-electron chi connectivity index (χ3n) is 4.46. The highest BCUT2D eigenvalue weighted by Crippen LogP contribution is 2.24. The summed E-state index contributed by atoms with van der Waals surface area (Å²) in [6, 6.07) is 5.31. The Kier molecular flexibility index (Phi) is 5.33. The van der Waals surface area contributed by atoms with E-state index in [1.807, 2.05) is 0 Å². The van der Waals surface area contributed by atoms with Gasteiger partial charge in [-0.15, -0.1) is 0 Å². The van der Waals surface area contributed by atoms with Crippen LogP contribution in [0.1, 0.15) is 29.9 Å². The van der Waals surface area contributed by atoms with E-state index in [0.29, 0.717) is 42.9 Å². The zero-order chi connectivity index (χ0) is 18.7. The highest BCUT2D eigenvalue weighted by Gasteiger charge is 2.41. The Morgan fingerprint density at radius 1 is 1.35 bits per heavy atom. The molecule has 0 spiro atoms. The number of carbonyl (C=O) groups excluding carboxylic acids is 1. The largest absolute Gasteiger partial charge is 0.379 e. The number of aryl methyl sites for hydroxylation is 1. The number of hydrogen-bond acceptors (Lipinski definition) is 5. The molecule has 2 heterocycles. The van der Waals surface area contributed by atoms with Crippen molar-refractivity contribution in [3.05, 3.63) is 52.9 Å². The maximum absolute atomic E-state index is 13.4. The van der Waals surface area contributed by atoms with Gasteiger partial charge in [0.05, 0.1) is 5.69 Å². The summed E-state index contributed by atoms with van der Waals surface area (Å²) in [5.41, 5.74) is -0.365. The van der Waals surface area contributed by atoms with Crippen molar-refractivity contribution in [2.75, 3.05) is 13.1 Å². The Hall–Kier alpha value is -2.32. The Morgan fingerprint density at radius 3 is 2.85 bits per heavy atom. The molecule has 2 aromatic rings. The normalized spacial score (nSPS) is 20.6. The minimum Gasteiger partial charge on any atom is -0.379 e. The molecule has 0 saturated carbocycles. The fourth-order valence-corrected chi connectivity index (χ4v) is 3.14. The molecule has 0 aliphatic carbocycles. The number of rotatable bonds is 6. The molecule has 1 fully saturated rings. The summed E-state index contributed by atoms with van der Waals surface area (Å²) in [5.74, 6) is -1.61. The van der Waals surface area contributed by atoms with Crippen LogP contribution in [0, 0.1) is 18.6 Å². The summed E-state index contributed by atoms with van der Waals surface area (Å²) in [6.45, 7) is 2.82. The number of likely N-dealkylation sites (tertiary alicyclic amines) is 1. The molecule has 3 rings (SSSR count). The van der Waals surface area contributed by atoms with E-state index in [1.54, 1.807) is 13.0 Å². The Labute approximate surface area is 149 Å². The monoisotopic (exact) mass is 365 g/mol. The van der Waals surface area contributed by atoms with Gasteiger partial charge < -0.3 is 19.8 Å². The lowest BCUT2D eigenvalue weighted by atomic mass is 9.91. The average molecular weight is 365 g/mol. The van der Waals surface area contributed by atoms with Crippen LogP contribution in [0.5, 0.6) is 0 Å². The van der Waals surface area contributed by atoms with Crippen molar-refractivity contribution in [2.24, 2.45) is 0 Å². The van der Waals surface area contributed by atoms with Crippen LogP contribution in [-0.4, -0.2) is 39.8 Å². The van der Waals surface area contributed by atoms with Crippen LogP contribution < -0.4 is 5.32 Å². The molecule has 1 aromatic heterocycles. The molecule has 26 heavy (non-hydrogen) atoms. The van der Waals surface area contributed by atoms with Crippen LogP contribution in [0.4, 0.5) is 8.78 Å². The second-order valence-corrected chi connectivity index (χ2v) is 6.64. The fourth-order valence-electron chi connectivity index (χ4n) is 3.14. The molecule has 6 nitrogen and oxygen atoms in total. The molecule has 1 aromatic carbocycles. The molecule has 140 valence electrons. The highest BCUT2D eigenvalue weighted by molar-refractivity contribution is 5.86. The van der Waals surface area contributed by atoms with Gasteiger partial charge in [0.25, 0.3) is 5.91 Å². The maximum Gasteiger partial charge on any atom is 0.256 e. The molecule has 0 bridgehead atoms. The quantitative estimate of drug-likeness (QED) is 0.818. The minimum atomic E-state index is -1.53. The van der Waals surface area contributed by atoms with E-state index in [-0.39, 0.29) is 13.1 Å². The lowest BCUT2D eigenvalue weighted by Gasteiger charge is -2.38. The Morgan fingerprint density at radius 2 is 2.15 bits per heavy atom.